The van der Waals surface area contributed by atoms with Crippen molar-refractivity contribution in [3.05, 3.63) is 22.3 Å². The highest BCUT2D eigenvalue weighted by Gasteiger charge is 2.35. The van der Waals surface area contributed by atoms with Gasteiger partial charge in [-0.3, -0.25) is 14.4 Å². The zero-order valence-corrected chi connectivity index (χ0v) is 31.2. The molecule has 0 spiro atoms. The van der Waals surface area contributed by atoms with Gasteiger partial charge in [0.1, 0.15) is 17.1 Å². The molecule has 2 rings (SSSR count). The maximum absolute atomic E-state index is 12.8. The maximum Gasteiger partial charge on any atom is 0.311 e. The molecule has 1 heterocycles. The first-order chi connectivity index (χ1) is 21.5. The Morgan fingerprint density at radius 1 is 0.848 bits per heavy atom. The third-order valence-electron chi connectivity index (χ3n) is 9.85. The Hall–Kier alpha value is -2.57. The number of likely N-dealkylation sites (N-methyl/N-ethyl adjacent to an activating group) is 1. The number of fused-ring (bicyclic) bond motifs is 1. The molecule has 1 N–H and O–H groups in total. The van der Waals surface area contributed by atoms with Crippen LogP contribution >= 0.6 is 0 Å². The van der Waals surface area contributed by atoms with Gasteiger partial charge in [-0.25, -0.2) is 0 Å². The van der Waals surface area contributed by atoms with Crippen molar-refractivity contribution < 1.29 is 23.9 Å². The molecule has 2 amide bonds. The number of rotatable bonds is 19. The molecular formula is C39H66N2O5. The van der Waals surface area contributed by atoms with Crippen LogP contribution in [0.15, 0.2) is 0 Å². The van der Waals surface area contributed by atoms with Gasteiger partial charge in [-0.15, -0.1) is 0 Å². The number of benzene rings is 1. The van der Waals surface area contributed by atoms with E-state index in [9.17, 15) is 14.4 Å². The van der Waals surface area contributed by atoms with E-state index in [0.717, 1.165) is 65.0 Å². The number of nitrogens with zero attached hydrogens (tertiary/aromatic N) is 1. The highest BCUT2D eigenvalue weighted by molar-refractivity contribution is 5.86. The Labute approximate surface area is 280 Å². The Morgan fingerprint density at radius 2 is 1.43 bits per heavy atom. The number of hydrogen-bond donors (Lipinski definition) is 1. The molecule has 46 heavy (non-hydrogen) atoms. The third-order valence-corrected chi connectivity index (χ3v) is 9.85. The summed E-state index contributed by atoms with van der Waals surface area (Å²) in [6.07, 6.45) is 13.3. The van der Waals surface area contributed by atoms with Crippen LogP contribution in [-0.2, 0) is 20.8 Å². The fourth-order valence-corrected chi connectivity index (χ4v) is 6.65. The SMILES string of the molecule is Cc1c(C)c2c(c(C)c1OC(=O)CCC(=O)N(C)CC(=O)NC(C)C)CCC(C)(CCCC(C)CCCC(C)CCCC(C)C)O2. The lowest BCUT2D eigenvalue weighted by Gasteiger charge is -2.38. The van der Waals surface area contributed by atoms with Crippen molar-refractivity contribution in [3.63, 3.8) is 0 Å². The van der Waals surface area contributed by atoms with Gasteiger partial charge in [-0.2, -0.15) is 0 Å². The first kappa shape index (κ1) is 39.6. The van der Waals surface area contributed by atoms with Gasteiger partial charge in [0.25, 0.3) is 0 Å². The van der Waals surface area contributed by atoms with Gasteiger partial charge in [0, 0.05) is 25.1 Å². The number of esters is 1. The van der Waals surface area contributed by atoms with Crippen molar-refractivity contribution in [2.24, 2.45) is 17.8 Å². The molecule has 0 fully saturated rings. The second kappa shape index (κ2) is 18.7. The summed E-state index contributed by atoms with van der Waals surface area (Å²) >= 11 is 0. The summed E-state index contributed by atoms with van der Waals surface area (Å²) in [6, 6.07) is 0.00315. The third kappa shape index (κ3) is 12.9. The van der Waals surface area contributed by atoms with Crippen LogP contribution in [0.25, 0.3) is 0 Å². The van der Waals surface area contributed by atoms with Gasteiger partial charge in [0.2, 0.25) is 11.8 Å². The lowest BCUT2D eigenvalue weighted by Crippen LogP contribution is -2.41. The molecule has 0 radical (unpaired) electrons. The van der Waals surface area contributed by atoms with Gasteiger partial charge in [0.15, 0.2) is 0 Å². The van der Waals surface area contributed by atoms with E-state index in [1.54, 1.807) is 7.05 Å². The first-order valence-corrected chi connectivity index (χ1v) is 18.1. The molecule has 3 unspecified atom stereocenters. The van der Waals surface area contributed by atoms with Crippen LogP contribution in [0, 0.1) is 38.5 Å². The standard InChI is InChI=1S/C39H66N2O5/c1-26(2)15-12-16-28(5)17-13-18-29(6)19-14-23-39(10)24-22-33-32(9)37(30(7)31(8)38(33)46-39)45-36(44)21-20-35(43)41(11)25-34(42)40-27(3)4/h26-29H,12-25H2,1-11H3,(H,40,42). The van der Waals surface area contributed by atoms with Gasteiger partial charge >= 0.3 is 5.97 Å². The fraction of sp³-hybridized carbons (Fsp3) is 0.769. The fourth-order valence-electron chi connectivity index (χ4n) is 6.65. The lowest BCUT2D eigenvalue weighted by molar-refractivity contribution is -0.139. The molecule has 0 saturated carbocycles. The maximum atomic E-state index is 12.8. The minimum atomic E-state index is -0.449. The summed E-state index contributed by atoms with van der Waals surface area (Å²) in [5, 5.41) is 2.77. The second-order valence-corrected chi connectivity index (χ2v) is 15.4. The largest absolute Gasteiger partial charge is 0.487 e. The molecule has 1 aliphatic heterocycles. The monoisotopic (exact) mass is 642 g/mol. The van der Waals surface area contributed by atoms with Crippen LogP contribution < -0.4 is 14.8 Å². The molecule has 0 saturated heterocycles. The minimum absolute atomic E-state index is 0.00315. The zero-order valence-electron chi connectivity index (χ0n) is 31.2. The summed E-state index contributed by atoms with van der Waals surface area (Å²) in [5.74, 6) is 2.98. The summed E-state index contributed by atoms with van der Waals surface area (Å²) in [6.45, 7) is 21.4. The molecule has 0 aromatic heterocycles. The molecule has 7 nitrogen and oxygen atoms in total. The quantitative estimate of drug-likeness (QED) is 0.120. The van der Waals surface area contributed by atoms with E-state index >= 15 is 0 Å². The first-order valence-electron chi connectivity index (χ1n) is 18.1. The van der Waals surface area contributed by atoms with Crippen molar-refractivity contribution in [1.29, 1.82) is 0 Å². The van der Waals surface area contributed by atoms with Crippen LogP contribution in [0.1, 0.15) is 148 Å². The van der Waals surface area contributed by atoms with Gasteiger partial charge in [-0.1, -0.05) is 72.6 Å². The predicted molar refractivity (Wildman–Crippen MR) is 189 cm³/mol. The van der Waals surface area contributed by atoms with Gasteiger partial charge < -0.3 is 19.7 Å². The van der Waals surface area contributed by atoms with E-state index in [1.807, 2.05) is 34.6 Å². The molecule has 1 aliphatic rings. The van der Waals surface area contributed by atoms with E-state index in [0.29, 0.717) is 5.75 Å². The molecule has 0 aliphatic carbocycles. The molecule has 1 aromatic rings. The number of ether oxygens (including phenoxy) is 2. The van der Waals surface area contributed by atoms with E-state index in [1.165, 1.54) is 56.3 Å². The second-order valence-electron chi connectivity index (χ2n) is 15.4. The van der Waals surface area contributed by atoms with Crippen LogP contribution in [-0.4, -0.2) is 47.9 Å². The van der Waals surface area contributed by atoms with Gasteiger partial charge in [-0.05, 0) is 102 Å². The van der Waals surface area contributed by atoms with Crippen molar-refractivity contribution in [3.8, 4) is 11.5 Å². The van der Waals surface area contributed by atoms with Crippen molar-refractivity contribution >= 4 is 17.8 Å². The summed E-state index contributed by atoms with van der Waals surface area (Å²) in [7, 11) is 1.57. The van der Waals surface area contributed by atoms with Crippen molar-refractivity contribution in [1.82, 2.24) is 10.2 Å². The lowest BCUT2D eigenvalue weighted by atomic mass is 9.83. The number of carbonyl (C=O) groups excluding carboxylic acids is 3. The Balaban J connectivity index is 1.88. The van der Waals surface area contributed by atoms with E-state index < -0.39 is 5.97 Å². The summed E-state index contributed by atoms with van der Waals surface area (Å²) in [5.41, 5.74) is 3.77. The van der Waals surface area contributed by atoms with Gasteiger partial charge in [0.05, 0.1) is 13.0 Å². The Bertz CT molecular complexity index is 1160. The minimum Gasteiger partial charge on any atom is -0.487 e. The predicted octanol–water partition coefficient (Wildman–Crippen LogP) is 8.80. The van der Waals surface area contributed by atoms with Crippen molar-refractivity contribution in [2.75, 3.05) is 13.6 Å². The van der Waals surface area contributed by atoms with Crippen LogP contribution in [0.4, 0.5) is 0 Å². The van der Waals surface area contributed by atoms with Crippen molar-refractivity contribution in [2.45, 2.75) is 164 Å². The van der Waals surface area contributed by atoms with Crippen LogP contribution in [0.3, 0.4) is 0 Å². The molecular weight excluding hydrogens is 576 g/mol. The molecule has 0 bridgehead atoms. The Morgan fingerprint density at radius 3 is 2.02 bits per heavy atom. The average molecular weight is 643 g/mol. The highest BCUT2D eigenvalue weighted by atomic mass is 16.5. The summed E-state index contributed by atoms with van der Waals surface area (Å²) < 4.78 is 12.6. The van der Waals surface area contributed by atoms with E-state index in [4.69, 9.17) is 9.47 Å². The topological polar surface area (TPSA) is 84.9 Å². The number of nitrogens with one attached hydrogen (secondary N) is 1. The molecule has 262 valence electrons. The smallest absolute Gasteiger partial charge is 0.311 e. The Kier molecular flexibility index (Phi) is 16.1. The molecule has 1 aromatic carbocycles. The number of carbonyl (C=O) groups is 3. The zero-order chi connectivity index (χ0) is 34.6. The highest BCUT2D eigenvalue weighted by Crippen LogP contribution is 2.45. The molecule has 7 heteroatoms. The van der Waals surface area contributed by atoms with Crippen LogP contribution in [0.2, 0.25) is 0 Å². The normalized spacial score (nSPS) is 17.3. The number of hydrogen-bond acceptors (Lipinski definition) is 5. The summed E-state index contributed by atoms with van der Waals surface area (Å²) in [4.78, 5) is 38.7. The number of amides is 2. The molecule has 3 atom stereocenters. The van der Waals surface area contributed by atoms with Crippen LogP contribution in [0.5, 0.6) is 11.5 Å². The van der Waals surface area contributed by atoms with E-state index in [2.05, 4.69) is 39.9 Å². The average Bonchev–Trinajstić information content (AvgIpc) is 2.96. The van der Waals surface area contributed by atoms with E-state index in [-0.39, 0.29) is 42.8 Å².